The zero-order valence-corrected chi connectivity index (χ0v) is 19.5. The molecule has 31 heavy (non-hydrogen) atoms. The topological polar surface area (TPSA) is 84.3 Å². The minimum absolute atomic E-state index is 0.0433. The van der Waals surface area contributed by atoms with Crippen LogP contribution in [0.15, 0.2) is 47.4 Å². The maximum Gasteiger partial charge on any atom is 0.246 e. The minimum atomic E-state index is -3.65. The number of fused-ring (bicyclic) bond motifs is 1. The van der Waals surface area contributed by atoms with Gasteiger partial charge in [0.15, 0.2) is 0 Å². The van der Waals surface area contributed by atoms with E-state index in [1.54, 1.807) is 27.7 Å². The summed E-state index contributed by atoms with van der Waals surface area (Å²) in [5.74, 6) is -0.224. The van der Waals surface area contributed by atoms with Crippen LogP contribution in [0.2, 0.25) is 0 Å². The lowest BCUT2D eigenvalue weighted by Crippen LogP contribution is -2.32. The molecule has 0 unspecified atom stereocenters. The van der Waals surface area contributed by atoms with Gasteiger partial charge >= 0.3 is 0 Å². The molecule has 0 radical (unpaired) electrons. The zero-order valence-electron chi connectivity index (χ0n) is 18.7. The number of carbonyl (C=O) groups is 1. The molecule has 3 rings (SSSR count). The van der Waals surface area contributed by atoms with E-state index in [9.17, 15) is 13.2 Å². The third-order valence-electron chi connectivity index (χ3n) is 5.56. The Labute approximate surface area is 184 Å². The molecule has 166 valence electrons. The summed E-state index contributed by atoms with van der Waals surface area (Å²) >= 11 is 0. The lowest BCUT2D eigenvalue weighted by Gasteiger charge is -2.18. The van der Waals surface area contributed by atoms with Gasteiger partial charge < -0.3 is 5.32 Å². The van der Waals surface area contributed by atoms with Crippen molar-refractivity contribution in [2.45, 2.75) is 52.1 Å². The molecule has 3 aromatic rings. The lowest BCUT2D eigenvalue weighted by molar-refractivity contribution is -0.122. The van der Waals surface area contributed by atoms with E-state index in [1.165, 1.54) is 8.99 Å². The second kappa shape index (κ2) is 9.20. The number of nitrogens with one attached hydrogen (secondary N) is 1. The SMILES string of the molecule is CCN(CC)S(=O)(=O)c1c(C)nn(CC(=O)N[C@H](C)c2ccc3ccccc3c2)c1C. The fourth-order valence-electron chi connectivity index (χ4n) is 3.88. The highest BCUT2D eigenvalue weighted by Crippen LogP contribution is 2.24. The monoisotopic (exact) mass is 442 g/mol. The Kier molecular flexibility index (Phi) is 6.81. The number of sulfonamides is 1. The molecule has 1 heterocycles. The van der Waals surface area contributed by atoms with Crippen LogP contribution in [0.1, 0.15) is 43.8 Å². The molecule has 0 aliphatic carbocycles. The Bertz CT molecular complexity index is 1200. The van der Waals surface area contributed by atoms with Crippen LogP contribution in [0.3, 0.4) is 0 Å². The van der Waals surface area contributed by atoms with E-state index >= 15 is 0 Å². The number of hydrogen-bond donors (Lipinski definition) is 1. The first-order valence-electron chi connectivity index (χ1n) is 10.5. The smallest absolute Gasteiger partial charge is 0.246 e. The number of rotatable bonds is 8. The van der Waals surface area contributed by atoms with Crippen molar-refractivity contribution in [2.24, 2.45) is 0 Å². The van der Waals surface area contributed by atoms with Gasteiger partial charge in [0.25, 0.3) is 0 Å². The lowest BCUT2D eigenvalue weighted by atomic mass is 10.0. The Hall–Kier alpha value is -2.71. The second-order valence-corrected chi connectivity index (χ2v) is 9.52. The highest BCUT2D eigenvalue weighted by atomic mass is 32.2. The molecule has 1 aromatic heterocycles. The first-order valence-corrected chi connectivity index (χ1v) is 11.9. The minimum Gasteiger partial charge on any atom is -0.348 e. The van der Waals surface area contributed by atoms with Gasteiger partial charge in [0, 0.05) is 13.1 Å². The third kappa shape index (κ3) is 4.65. The fraction of sp³-hybridized carbons (Fsp3) is 0.391. The van der Waals surface area contributed by atoms with Crippen LogP contribution in [0, 0.1) is 13.8 Å². The highest BCUT2D eigenvalue weighted by molar-refractivity contribution is 7.89. The van der Waals surface area contributed by atoms with Crippen molar-refractivity contribution in [1.29, 1.82) is 0 Å². The molecule has 8 heteroatoms. The molecule has 0 fully saturated rings. The van der Waals surface area contributed by atoms with Gasteiger partial charge in [0.1, 0.15) is 11.4 Å². The number of hydrogen-bond acceptors (Lipinski definition) is 4. The van der Waals surface area contributed by atoms with E-state index in [-0.39, 0.29) is 23.4 Å². The number of carbonyl (C=O) groups excluding carboxylic acids is 1. The van der Waals surface area contributed by atoms with Gasteiger partial charge in [0.2, 0.25) is 15.9 Å². The summed E-state index contributed by atoms with van der Waals surface area (Å²) in [7, 11) is -3.65. The molecule has 1 amide bonds. The number of amides is 1. The summed E-state index contributed by atoms with van der Waals surface area (Å²) in [5, 5.41) is 9.59. The van der Waals surface area contributed by atoms with Crippen LogP contribution in [0.5, 0.6) is 0 Å². The van der Waals surface area contributed by atoms with Crippen molar-refractivity contribution in [3.63, 3.8) is 0 Å². The maximum absolute atomic E-state index is 13.0. The summed E-state index contributed by atoms with van der Waals surface area (Å²) in [4.78, 5) is 12.9. The number of aromatic nitrogens is 2. The summed E-state index contributed by atoms with van der Waals surface area (Å²) in [5.41, 5.74) is 1.88. The van der Waals surface area contributed by atoms with Crippen LogP contribution >= 0.6 is 0 Å². The molecule has 1 atom stereocenters. The molecule has 0 aliphatic heterocycles. The van der Waals surface area contributed by atoms with Gasteiger partial charge in [-0.3, -0.25) is 9.48 Å². The van der Waals surface area contributed by atoms with E-state index in [1.807, 2.05) is 37.3 Å². The van der Waals surface area contributed by atoms with Gasteiger partial charge in [-0.05, 0) is 43.2 Å². The van der Waals surface area contributed by atoms with Crippen molar-refractivity contribution < 1.29 is 13.2 Å². The largest absolute Gasteiger partial charge is 0.348 e. The molecular weight excluding hydrogens is 412 g/mol. The number of nitrogens with zero attached hydrogens (tertiary/aromatic N) is 3. The Morgan fingerprint density at radius 1 is 1.10 bits per heavy atom. The summed E-state index contributed by atoms with van der Waals surface area (Å²) in [6, 6.07) is 14.0. The number of benzene rings is 2. The third-order valence-corrected chi connectivity index (χ3v) is 7.87. The van der Waals surface area contributed by atoms with Gasteiger partial charge in [-0.15, -0.1) is 0 Å². The molecule has 2 aromatic carbocycles. The second-order valence-electron chi connectivity index (χ2n) is 7.64. The Balaban J connectivity index is 1.77. The van der Waals surface area contributed by atoms with Gasteiger partial charge in [-0.2, -0.15) is 9.40 Å². The predicted molar refractivity (Wildman–Crippen MR) is 122 cm³/mol. The van der Waals surface area contributed by atoms with Gasteiger partial charge in [-0.25, -0.2) is 8.42 Å². The first kappa shape index (κ1) is 23.0. The Morgan fingerprint density at radius 2 is 1.74 bits per heavy atom. The molecule has 1 N–H and O–H groups in total. The van der Waals surface area contributed by atoms with Gasteiger partial charge in [0.05, 0.1) is 17.4 Å². The molecule has 0 saturated heterocycles. The normalized spacial score (nSPS) is 13.0. The van der Waals surface area contributed by atoms with Crippen LogP contribution in [-0.2, 0) is 21.4 Å². The van der Waals surface area contributed by atoms with E-state index in [4.69, 9.17) is 0 Å². The number of aryl methyl sites for hydroxylation is 1. The van der Waals surface area contributed by atoms with Crippen LogP contribution < -0.4 is 5.32 Å². The summed E-state index contributed by atoms with van der Waals surface area (Å²) in [6.45, 7) is 9.61. The molecule has 0 aliphatic rings. The average molecular weight is 443 g/mol. The van der Waals surface area contributed by atoms with E-state index in [2.05, 4.69) is 22.5 Å². The molecular formula is C23H30N4O3S. The highest BCUT2D eigenvalue weighted by Gasteiger charge is 2.29. The first-order chi connectivity index (χ1) is 14.7. The van der Waals surface area contributed by atoms with E-state index in [0.29, 0.717) is 24.5 Å². The van der Waals surface area contributed by atoms with Crippen molar-refractivity contribution in [2.75, 3.05) is 13.1 Å². The van der Waals surface area contributed by atoms with Crippen molar-refractivity contribution in [3.05, 3.63) is 59.4 Å². The summed E-state index contributed by atoms with van der Waals surface area (Å²) < 4.78 is 28.8. The molecule has 0 bridgehead atoms. The van der Waals surface area contributed by atoms with Crippen LogP contribution in [0.4, 0.5) is 0 Å². The van der Waals surface area contributed by atoms with E-state index < -0.39 is 10.0 Å². The van der Waals surface area contributed by atoms with E-state index in [0.717, 1.165) is 16.3 Å². The standard InChI is InChI=1S/C23H30N4O3S/c1-6-26(7-2)31(29,30)23-17(4)25-27(18(23)5)15-22(28)24-16(3)20-13-12-19-10-8-9-11-21(19)14-20/h8-14,16H,6-7,15H2,1-5H3,(H,24,28)/t16-/m1/s1. The fourth-order valence-corrected chi connectivity index (χ4v) is 5.71. The van der Waals surface area contributed by atoms with Crippen LogP contribution in [-0.4, -0.2) is 41.5 Å². The van der Waals surface area contributed by atoms with Crippen molar-refractivity contribution in [3.8, 4) is 0 Å². The molecule has 7 nitrogen and oxygen atoms in total. The van der Waals surface area contributed by atoms with Crippen molar-refractivity contribution in [1.82, 2.24) is 19.4 Å². The molecule has 0 spiro atoms. The van der Waals surface area contributed by atoms with Gasteiger partial charge in [-0.1, -0.05) is 50.2 Å². The summed E-state index contributed by atoms with van der Waals surface area (Å²) in [6.07, 6.45) is 0. The average Bonchev–Trinajstić information content (AvgIpc) is 3.01. The zero-order chi connectivity index (χ0) is 22.8. The van der Waals surface area contributed by atoms with Crippen molar-refractivity contribution >= 4 is 26.7 Å². The quantitative estimate of drug-likeness (QED) is 0.578. The van der Waals surface area contributed by atoms with Crippen LogP contribution in [0.25, 0.3) is 10.8 Å². The molecule has 0 saturated carbocycles. The maximum atomic E-state index is 13.0. The Morgan fingerprint density at radius 3 is 2.39 bits per heavy atom. The predicted octanol–water partition coefficient (Wildman–Crippen LogP) is 3.56.